The van der Waals surface area contributed by atoms with Gasteiger partial charge in [-0.25, -0.2) is 0 Å². The van der Waals surface area contributed by atoms with E-state index in [0.29, 0.717) is 23.6 Å². The van der Waals surface area contributed by atoms with Gasteiger partial charge in [0.25, 0.3) is 5.91 Å². The van der Waals surface area contributed by atoms with E-state index >= 15 is 0 Å². The van der Waals surface area contributed by atoms with Crippen LogP contribution in [-0.2, 0) is 9.53 Å². The van der Waals surface area contributed by atoms with Crippen LogP contribution in [0.25, 0.3) is 11.3 Å². The van der Waals surface area contributed by atoms with Gasteiger partial charge >= 0.3 is 0 Å². The minimum Gasteiger partial charge on any atom is -0.496 e. The summed E-state index contributed by atoms with van der Waals surface area (Å²) in [7, 11) is 3.29. The zero-order valence-corrected chi connectivity index (χ0v) is 25.1. The Balaban J connectivity index is 1.22. The van der Waals surface area contributed by atoms with E-state index in [1.54, 1.807) is 14.2 Å². The Morgan fingerprint density at radius 1 is 1.05 bits per heavy atom. The highest BCUT2D eigenvalue weighted by Gasteiger charge is 2.50. The van der Waals surface area contributed by atoms with E-state index in [9.17, 15) is 9.59 Å². The number of carbonyl (C=O) groups excluding carboxylic acids is 2. The summed E-state index contributed by atoms with van der Waals surface area (Å²) < 4.78 is 18.8. The second-order valence-corrected chi connectivity index (χ2v) is 12.6. The van der Waals surface area contributed by atoms with Crippen LogP contribution in [0.2, 0.25) is 0 Å². The Hall–Kier alpha value is -3.11. The molecule has 6 rings (SSSR count). The van der Waals surface area contributed by atoms with Crippen LogP contribution in [0.1, 0.15) is 74.3 Å². The van der Waals surface area contributed by atoms with E-state index in [2.05, 4.69) is 10.2 Å². The number of methoxy groups -OCH3 is 2. The molecule has 10 nitrogen and oxygen atoms in total. The largest absolute Gasteiger partial charge is 0.496 e. The summed E-state index contributed by atoms with van der Waals surface area (Å²) in [5, 5.41) is 8.09. The topological polar surface area (TPSA) is 98.2 Å². The molecule has 3 aliphatic heterocycles. The molecule has 1 saturated carbocycles. The third kappa shape index (κ3) is 6.01. The number of likely N-dealkylation sites (tertiary alicyclic amines) is 2. The van der Waals surface area contributed by atoms with Crippen molar-refractivity contribution in [3.63, 3.8) is 0 Å². The minimum absolute atomic E-state index is 0.104. The summed E-state index contributed by atoms with van der Waals surface area (Å²) in [6, 6.07) is 7.51. The monoisotopic (exact) mass is 579 g/mol. The van der Waals surface area contributed by atoms with Gasteiger partial charge in [0.2, 0.25) is 5.91 Å². The molecule has 3 saturated heterocycles. The van der Waals surface area contributed by atoms with Crippen LogP contribution in [0.5, 0.6) is 11.5 Å². The van der Waals surface area contributed by atoms with Crippen LogP contribution in [-0.4, -0.2) is 97.6 Å². The van der Waals surface area contributed by atoms with Crippen molar-refractivity contribution in [3.8, 4) is 22.8 Å². The van der Waals surface area contributed by atoms with Crippen molar-refractivity contribution in [1.29, 1.82) is 0 Å². The smallest absolute Gasteiger partial charge is 0.272 e. The molecule has 1 atom stereocenters. The summed E-state index contributed by atoms with van der Waals surface area (Å²) in [6.07, 6.45) is 9.04. The molecular formula is C32H45N5O5. The molecule has 0 bridgehead atoms. The fraction of sp³-hybridized carbons (Fsp3) is 0.656. The molecule has 228 valence electrons. The second kappa shape index (κ2) is 12.6. The summed E-state index contributed by atoms with van der Waals surface area (Å²) in [6.45, 7) is 6.04. The first-order valence-electron chi connectivity index (χ1n) is 15.7. The van der Waals surface area contributed by atoms with Gasteiger partial charge in [-0.3, -0.25) is 14.3 Å². The molecule has 1 aromatic heterocycles. The number of aromatic nitrogens is 2. The molecule has 1 aliphatic carbocycles. The quantitative estimate of drug-likeness (QED) is 0.431. The van der Waals surface area contributed by atoms with Crippen LogP contribution >= 0.6 is 0 Å². The number of hydrogen-bond donors (Lipinski definition) is 1. The normalized spacial score (nSPS) is 21.0. The van der Waals surface area contributed by atoms with Crippen molar-refractivity contribution in [2.45, 2.75) is 69.9 Å². The zero-order valence-electron chi connectivity index (χ0n) is 25.1. The predicted octanol–water partition coefficient (Wildman–Crippen LogP) is 3.91. The first kappa shape index (κ1) is 29.0. The molecule has 2 aromatic rings. The van der Waals surface area contributed by atoms with Crippen molar-refractivity contribution >= 4 is 11.8 Å². The number of piperidine rings is 1. The highest BCUT2D eigenvalue weighted by Crippen LogP contribution is 2.42. The van der Waals surface area contributed by atoms with Gasteiger partial charge in [0.05, 0.1) is 50.1 Å². The SMILES string of the molecule is COc1cccc(OC)c1-c1cc(C(=O)NC(CCN2CCCCC2)CC(=O)N2CC3(COC3)C2)nn1C1CCCC1. The molecule has 2 amide bonds. The van der Waals surface area contributed by atoms with E-state index < -0.39 is 0 Å². The average molecular weight is 580 g/mol. The first-order chi connectivity index (χ1) is 20.5. The third-order valence-electron chi connectivity index (χ3n) is 9.54. The summed E-state index contributed by atoms with van der Waals surface area (Å²) in [5.41, 5.74) is 2.14. The lowest BCUT2D eigenvalue weighted by molar-refractivity contribution is -0.195. The lowest BCUT2D eigenvalue weighted by Gasteiger charge is -2.55. The Kier molecular flexibility index (Phi) is 8.72. The number of rotatable bonds is 11. The highest BCUT2D eigenvalue weighted by molar-refractivity contribution is 5.94. The Morgan fingerprint density at radius 3 is 2.36 bits per heavy atom. The number of carbonyl (C=O) groups is 2. The van der Waals surface area contributed by atoms with Crippen molar-refractivity contribution in [1.82, 2.24) is 24.9 Å². The number of amides is 2. The number of hydrogen-bond acceptors (Lipinski definition) is 7. The van der Waals surface area contributed by atoms with Gasteiger partial charge in [-0.15, -0.1) is 0 Å². The minimum atomic E-state index is -0.262. The lowest BCUT2D eigenvalue weighted by Crippen LogP contribution is -2.67. The fourth-order valence-corrected chi connectivity index (χ4v) is 7.08. The van der Waals surface area contributed by atoms with Gasteiger partial charge in [-0.2, -0.15) is 5.10 Å². The summed E-state index contributed by atoms with van der Waals surface area (Å²) in [4.78, 5) is 31.5. The van der Waals surface area contributed by atoms with Crippen molar-refractivity contribution < 1.29 is 23.8 Å². The van der Waals surface area contributed by atoms with Crippen molar-refractivity contribution in [2.75, 3.05) is 60.2 Å². The molecular weight excluding hydrogens is 534 g/mol. The molecule has 4 aliphatic rings. The van der Waals surface area contributed by atoms with Gasteiger partial charge in [-0.05, 0) is 63.4 Å². The van der Waals surface area contributed by atoms with E-state index in [0.717, 1.165) is 89.3 Å². The maximum Gasteiger partial charge on any atom is 0.272 e. The van der Waals surface area contributed by atoms with Gasteiger partial charge < -0.3 is 29.3 Å². The number of nitrogens with one attached hydrogen (secondary N) is 1. The van der Waals surface area contributed by atoms with E-state index in [1.165, 1.54) is 19.3 Å². The van der Waals surface area contributed by atoms with Gasteiger partial charge in [0.1, 0.15) is 11.5 Å². The average Bonchev–Trinajstić information content (AvgIpc) is 3.65. The van der Waals surface area contributed by atoms with Crippen molar-refractivity contribution in [3.05, 3.63) is 30.0 Å². The van der Waals surface area contributed by atoms with Crippen LogP contribution in [0.4, 0.5) is 0 Å². The van der Waals surface area contributed by atoms with Crippen LogP contribution in [0, 0.1) is 5.41 Å². The molecule has 0 radical (unpaired) electrons. The first-order valence-corrected chi connectivity index (χ1v) is 15.7. The number of nitrogens with zero attached hydrogens (tertiary/aromatic N) is 4. The van der Waals surface area contributed by atoms with Crippen LogP contribution in [0.15, 0.2) is 24.3 Å². The summed E-state index contributed by atoms with van der Waals surface area (Å²) in [5.74, 6) is 1.21. The van der Waals surface area contributed by atoms with E-state index in [4.69, 9.17) is 19.3 Å². The maximum absolute atomic E-state index is 13.8. The molecule has 4 heterocycles. The zero-order chi connectivity index (χ0) is 29.1. The van der Waals surface area contributed by atoms with E-state index in [-0.39, 0.29) is 29.3 Å². The molecule has 1 spiro atoms. The molecule has 1 unspecified atom stereocenters. The number of benzene rings is 1. The Morgan fingerprint density at radius 2 is 1.74 bits per heavy atom. The molecule has 1 N–H and O–H groups in total. The Bertz CT molecular complexity index is 1230. The highest BCUT2D eigenvalue weighted by atomic mass is 16.5. The van der Waals surface area contributed by atoms with Gasteiger partial charge in [0.15, 0.2) is 5.69 Å². The fourth-order valence-electron chi connectivity index (χ4n) is 7.08. The lowest BCUT2D eigenvalue weighted by atomic mass is 9.78. The van der Waals surface area contributed by atoms with Crippen molar-refractivity contribution in [2.24, 2.45) is 5.41 Å². The standard InChI is InChI=1S/C32H45N5O5/c1-40-27-11-8-12-28(41-2)30(27)26-18-25(34-37(26)24-9-4-5-10-24)31(39)33-23(13-16-35-14-6-3-7-15-35)17-29(38)36-19-32(20-36)21-42-22-32/h8,11-12,18,23-24H,3-7,9-10,13-17,19-22H2,1-2H3,(H,33,39). The van der Waals surface area contributed by atoms with Crippen LogP contribution < -0.4 is 14.8 Å². The molecule has 4 fully saturated rings. The van der Waals surface area contributed by atoms with Gasteiger partial charge in [-0.1, -0.05) is 25.3 Å². The van der Waals surface area contributed by atoms with E-state index in [1.807, 2.05) is 33.8 Å². The maximum atomic E-state index is 13.8. The van der Waals surface area contributed by atoms with Gasteiger partial charge in [0, 0.05) is 32.1 Å². The molecule has 10 heteroatoms. The summed E-state index contributed by atoms with van der Waals surface area (Å²) >= 11 is 0. The second-order valence-electron chi connectivity index (χ2n) is 12.6. The molecule has 1 aromatic carbocycles. The number of ether oxygens (including phenoxy) is 3. The third-order valence-corrected chi connectivity index (χ3v) is 9.54. The Labute approximate surface area is 248 Å². The van der Waals surface area contributed by atoms with Crippen LogP contribution in [0.3, 0.4) is 0 Å². The molecule has 42 heavy (non-hydrogen) atoms. The predicted molar refractivity (Wildman–Crippen MR) is 159 cm³/mol.